The van der Waals surface area contributed by atoms with Crippen LogP contribution in [0.15, 0.2) is 24.3 Å². The van der Waals surface area contributed by atoms with Gasteiger partial charge in [0.25, 0.3) is 0 Å². The lowest BCUT2D eigenvalue weighted by Gasteiger charge is -2.28. The Morgan fingerprint density at radius 1 is 1.06 bits per heavy atom. The highest BCUT2D eigenvalue weighted by atomic mass is 15.2. The van der Waals surface area contributed by atoms with Crippen molar-refractivity contribution < 1.29 is 0 Å². The van der Waals surface area contributed by atoms with Gasteiger partial charge < -0.3 is 15.5 Å². The van der Waals surface area contributed by atoms with Gasteiger partial charge in [0.05, 0.1) is 0 Å². The number of anilines is 1. The largest absolute Gasteiger partial charge is 0.370 e. The second-order valence-corrected chi connectivity index (χ2v) is 5.51. The minimum absolute atomic E-state index is 0.613. The topological polar surface area (TPSA) is 32.5 Å². The smallest absolute Gasteiger partial charge is 0.0366 e. The molecule has 0 radical (unpaired) electrons. The third-order valence-electron chi connectivity index (χ3n) is 2.94. The number of hydrogen-bond donors (Lipinski definition) is 1. The molecule has 0 saturated carbocycles. The predicted octanol–water partition coefficient (Wildman–Crippen LogP) is 2.17. The van der Waals surface area contributed by atoms with Crippen LogP contribution in [0.2, 0.25) is 0 Å². The van der Waals surface area contributed by atoms with E-state index in [1.54, 1.807) is 0 Å². The first-order chi connectivity index (χ1) is 8.52. The molecule has 0 unspecified atom stereocenters. The molecule has 1 aromatic carbocycles. The molecule has 1 rings (SSSR count). The first-order valence-corrected chi connectivity index (χ1v) is 6.71. The highest BCUT2D eigenvalue weighted by Crippen LogP contribution is 2.16. The van der Waals surface area contributed by atoms with Crippen molar-refractivity contribution in [1.29, 1.82) is 0 Å². The Bertz CT molecular complexity index is 330. The van der Waals surface area contributed by atoms with Crippen LogP contribution >= 0.6 is 0 Å². The summed E-state index contributed by atoms with van der Waals surface area (Å²) in [6.07, 6.45) is 0. The van der Waals surface area contributed by atoms with E-state index in [1.165, 1.54) is 11.3 Å². The average molecular weight is 249 g/mol. The monoisotopic (exact) mass is 249 g/mol. The molecule has 1 aromatic rings. The molecule has 0 fully saturated rings. The highest BCUT2D eigenvalue weighted by molar-refractivity contribution is 5.47. The molecule has 0 atom stereocenters. The van der Waals surface area contributed by atoms with E-state index >= 15 is 0 Å². The molecule has 18 heavy (non-hydrogen) atoms. The lowest BCUT2D eigenvalue weighted by atomic mass is 10.1. The van der Waals surface area contributed by atoms with Crippen LogP contribution in [0.4, 0.5) is 5.69 Å². The highest BCUT2D eigenvalue weighted by Gasteiger charge is 2.08. The Hall–Kier alpha value is -1.06. The molecule has 0 bridgehead atoms. The maximum atomic E-state index is 5.63. The lowest BCUT2D eigenvalue weighted by molar-refractivity contribution is 0.409. The van der Waals surface area contributed by atoms with Crippen molar-refractivity contribution in [3.8, 4) is 0 Å². The Morgan fingerprint density at radius 3 is 2.11 bits per heavy atom. The molecule has 0 spiro atoms. The maximum Gasteiger partial charge on any atom is 0.0366 e. The number of nitrogens with zero attached hydrogens (tertiary/aromatic N) is 2. The number of nitrogens with two attached hydrogens (primary N) is 1. The Kier molecular flexibility index (Phi) is 6.16. The van der Waals surface area contributed by atoms with Crippen molar-refractivity contribution in [2.24, 2.45) is 11.7 Å². The Morgan fingerprint density at radius 2 is 1.67 bits per heavy atom. The van der Waals surface area contributed by atoms with Gasteiger partial charge in [-0.1, -0.05) is 26.0 Å². The molecule has 0 aromatic heterocycles. The summed E-state index contributed by atoms with van der Waals surface area (Å²) < 4.78 is 0. The molecule has 0 aliphatic carbocycles. The Labute approximate surface area is 112 Å². The van der Waals surface area contributed by atoms with Crippen LogP contribution in [-0.4, -0.2) is 38.6 Å². The first kappa shape index (κ1) is 15.0. The van der Waals surface area contributed by atoms with Crippen molar-refractivity contribution in [2.75, 3.05) is 38.6 Å². The normalized spacial score (nSPS) is 11.3. The van der Waals surface area contributed by atoms with Crippen LogP contribution < -0.4 is 10.6 Å². The molecule has 3 heteroatoms. The molecular formula is C15H27N3. The van der Waals surface area contributed by atoms with E-state index in [4.69, 9.17) is 5.73 Å². The summed E-state index contributed by atoms with van der Waals surface area (Å²) in [5.74, 6) is 0.668. The van der Waals surface area contributed by atoms with Gasteiger partial charge in [-0.25, -0.2) is 0 Å². The summed E-state index contributed by atoms with van der Waals surface area (Å²) in [6, 6.07) is 8.61. The van der Waals surface area contributed by atoms with Crippen molar-refractivity contribution in [3.63, 3.8) is 0 Å². The number of rotatable bonds is 7. The second-order valence-electron chi connectivity index (χ2n) is 5.51. The molecule has 0 amide bonds. The van der Waals surface area contributed by atoms with Crippen LogP contribution in [0.1, 0.15) is 19.4 Å². The van der Waals surface area contributed by atoms with Gasteiger partial charge in [-0.2, -0.15) is 0 Å². The van der Waals surface area contributed by atoms with E-state index in [2.05, 4.69) is 62.0 Å². The summed E-state index contributed by atoms with van der Waals surface area (Å²) in [7, 11) is 4.23. The van der Waals surface area contributed by atoms with Crippen LogP contribution in [-0.2, 0) is 6.54 Å². The zero-order valence-electron chi connectivity index (χ0n) is 12.2. The molecule has 2 N–H and O–H groups in total. The van der Waals surface area contributed by atoms with Gasteiger partial charge in [0.1, 0.15) is 0 Å². The van der Waals surface area contributed by atoms with Gasteiger partial charge in [-0.05, 0) is 37.7 Å². The third kappa shape index (κ3) is 5.07. The fourth-order valence-corrected chi connectivity index (χ4v) is 1.93. The van der Waals surface area contributed by atoms with Gasteiger partial charge in [0.15, 0.2) is 0 Å². The summed E-state index contributed by atoms with van der Waals surface area (Å²) in [4.78, 5) is 4.67. The van der Waals surface area contributed by atoms with E-state index in [9.17, 15) is 0 Å². The fraction of sp³-hybridized carbons (Fsp3) is 0.600. The van der Waals surface area contributed by atoms with Crippen LogP contribution in [0.5, 0.6) is 0 Å². The lowest BCUT2D eigenvalue weighted by Crippen LogP contribution is -2.34. The van der Waals surface area contributed by atoms with Gasteiger partial charge in [-0.15, -0.1) is 0 Å². The zero-order chi connectivity index (χ0) is 13.5. The quantitative estimate of drug-likeness (QED) is 0.804. The average Bonchev–Trinajstić information content (AvgIpc) is 2.34. The van der Waals surface area contributed by atoms with E-state index in [0.29, 0.717) is 12.5 Å². The van der Waals surface area contributed by atoms with E-state index in [1.807, 2.05) is 0 Å². The van der Waals surface area contributed by atoms with E-state index in [-0.39, 0.29) is 0 Å². The maximum absolute atomic E-state index is 5.63. The van der Waals surface area contributed by atoms with Gasteiger partial charge in [0, 0.05) is 31.9 Å². The molecule has 0 aliphatic rings. The standard InChI is InChI=1S/C15H27N3/c1-13(2)12-18(10-9-17(3)4)15-7-5-14(11-16)6-8-15/h5-8,13H,9-12,16H2,1-4H3. The molecule has 0 heterocycles. The van der Waals surface area contributed by atoms with Crippen LogP contribution in [0, 0.1) is 5.92 Å². The van der Waals surface area contributed by atoms with Crippen molar-refractivity contribution in [2.45, 2.75) is 20.4 Å². The third-order valence-corrected chi connectivity index (χ3v) is 2.94. The van der Waals surface area contributed by atoms with Crippen LogP contribution in [0.25, 0.3) is 0 Å². The van der Waals surface area contributed by atoms with Crippen molar-refractivity contribution in [3.05, 3.63) is 29.8 Å². The van der Waals surface area contributed by atoms with Crippen molar-refractivity contribution >= 4 is 5.69 Å². The SMILES string of the molecule is CC(C)CN(CCN(C)C)c1ccc(CN)cc1. The minimum atomic E-state index is 0.613. The fourth-order valence-electron chi connectivity index (χ4n) is 1.93. The van der Waals surface area contributed by atoms with Gasteiger partial charge in [-0.3, -0.25) is 0 Å². The number of likely N-dealkylation sites (N-methyl/N-ethyl adjacent to an activating group) is 1. The number of benzene rings is 1. The predicted molar refractivity (Wildman–Crippen MR) is 79.9 cm³/mol. The minimum Gasteiger partial charge on any atom is -0.370 e. The molecular weight excluding hydrogens is 222 g/mol. The number of hydrogen-bond acceptors (Lipinski definition) is 3. The summed E-state index contributed by atoms with van der Waals surface area (Å²) in [5.41, 5.74) is 8.12. The summed E-state index contributed by atoms with van der Waals surface area (Å²) in [6.45, 7) is 8.37. The van der Waals surface area contributed by atoms with Gasteiger partial charge >= 0.3 is 0 Å². The summed E-state index contributed by atoms with van der Waals surface area (Å²) in [5, 5.41) is 0. The molecule has 102 valence electrons. The van der Waals surface area contributed by atoms with Gasteiger partial charge in [0.2, 0.25) is 0 Å². The zero-order valence-corrected chi connectivity index (χ0v) is 12.2. The summed E-state index contributed by atoms with van der Waals surface area (Å²) >= 11 is 0. The van der Waals surface area contributed by atoms with Crippen LogP contribution in [0.3, 0.4) is 0 Å². The van der Waals surface area contributed by atoms with Crippen molar-refractivity contribution in [1.82, 2.24) is 4.90 Å². The first-order valence-electron chi connectivity index (χ1n) is 6.71. The Balaban J connectivity index is 2.73. The molecule has 0 aliphatic heterocycles. The molecule has 3 nitrogen and oxygen atoms in total. The van der Waals surface area contributed by atoms with E-state index in [0.717, 1.165) is 19.6 Å². The molecule has 0 saturated heterocycles. The second kappa shape index (κ2) is 7.39. The van der Waals surface area contributed by atoms with E-state index < -0.39 is 0 Å².